The summed E-state index contributed by atoms with van der Waals surface area (Å²) < 4.78 is 3.49. The summed E-state index contributed by atoms with van der Waals surface area (Å²) in [6.45, 7) is 0.424. The number of nitro benzene ring substituents is 1. The monoisotopic (exact) mass is 182 g/mol. The van der Waals surface area contributed by atoms with Gasteiger partial charge in [0.1, 0.15) is 0 Å². The Labute approximate surface area is 74.5 Å². The molecule has 0 saturated heterocycles. The van der Waals surface area contributed by atoms with Gasteiger partial charge in [0.25, 0.3) is 5.69 Å². The molecule has 0 fully saturated rings. The zero-order chi connectivity index (χ0) is 8.97. The molecule has 0 bridgehead atoms. The molecule has 62 valence electrons. The standard InChI is InChI=1S/C7H6N2O2S/c10-9(11)7-3-1-6(2-4-7)5-8-12/h1-4H,5H2. The van der Waals surface area contributed by atoms with E-state index in [9.17, 15) is 10.1 Å². The summed E-state index contributed by atoms with van der Waals surface area (Å²) in [6, 6.07) is 6.17. The average Bonchev–Trinajstić information content (AvgIpc) is 2.06. The second-order valence-electron chi connectivity index (χ2n) is 2.21. The lowest BCUT2D eigenvalue weighted by Gasteiger charge is -1.93. The Morgan fingerprint density at radius 2 is 2.00 bits per heavy atom. The molecule has 1 aromatic carbocycles. The van der Waals surface area contributed by atoms with Crippen LogP contribution in [0.15, 0.2) is 28.6 Å². The van der Waals surface area contributed by atoms with Gasteiger partial charge < -0.3 is 0 Å². The number of rotatable bonds is 3. The Morgan fingerprint density at radius 3 is 2.42 bits per heavy atom. The first-order chi connectivity index (χ1) is 5.74. The first kappa shape index (κ1) is 8.73. The first-order valence-electron chi connectivity index (χ1n) is 3.26. The second kappa shape index (κ2) is 3.87. The van der Waals surface area contributed by atoms with Crippen LogP contribution in [0.2, 0.25) is 0 Å². The molecular weight excluding hydrogens is 176 g/mol. The molecule has 0 aliphatic carbocycles. The van der Waals surface area contributed by atoms with Crippen molar-refractivity contribution < 1.29 is 4.92 Å². The molecule has 0 unspecified atom stereocenters. The maximum Gasteiger partial charge on any atom is 0.269 e. The summed E-state index contributed by atoms with van der Waals surface area (Å²) in [5, 5.41) is 10.2. The largest absolute Gasteiger partial charge is 0.269 e. The smallest absolute Gasteiger partial charge is 0.258 e. The van der Waals surface area contributed by atoms with E-state index in [1.807, 2.05) is 0 Å². The normalized spacial score (nSPS) is 9.33. The van der Waals surface area contributed by atoms with Crippen LogP contribution in [0.5, 0.6) is 0 Å². The fourth-order valence-corrected chi connectivity index (χ4v) is 0.947. The van der Waals surface area contributed by atoms with Crippen LogP contribution in [0.4, 0.5) is 5.69 Å². The molecule has 0 atom stereocenters. The Bertz CT molecular complexity index is 297. The predicted molar refractivity (Wildman–Crippen MR) is 46.6 cm³/mol. The van der Waals surface area contributed by atoms with Crippen molar-refractivity contribution in [3.8, 4) is 0 Å². The van der Waals surface area contributed by atoms with Gasteiger partial charge in [0.05, 0.1) is 11.5 Å². The van der Waals surface area contributed by atoms with E-state index in [-0.39, 0.29) is 5.69 Å². The SMILES string of the molecule is O=[N+]([O-])c1ccc(CN=S)cc1. The number of nitrogens with zero attached hydrogens (tertiary/aromatic N) is 2. The molecule has 0 amide bonds. The van der Waals surface area contributed by atoms with Crippen LogP contribution in [0.3, 0.4) is 0 Å². The van der Waals surface area contributed by atoms with Gasteiger partial charge in [0, 0.05) is 24.6 Å². The van der Waals surface area contributed by atoms with E-state index in [0.717, 1.165) is 5.56 Å². The Balaban J connectivity index is 2.85. The topological polar surface area (TPSA) is 55.5 Å². The van der Waals surface area contributed by atoms with Gasteiger partial charge in [-0.2, -0.15) is 0 Å². The van der Waals surface area contributed by atoms with Crippen LogP contribution in [0.25, 0.3) is 0 Å². The molecule has 0 aliphatic rings. The molecule has 4 nitrogen and oxygen atoms in total. The Kier molecular flexibility index (Phi) is 2.82. The van der Waals surface area contributed by atoms with Crippen molar-refractivity contribution >= 4 is 18.1 Å². The van der Waals surface area contributed by atoms with Crippen molar-refractivity contribution in [1.29, 1.82) is 0 Å². The predicted octanol–water partition coefficient (Wildman–Crippen LogP) is 1.83. The summed E-state index contributed by atoms with van der Waals surface area (Å²) in [7, 11) is 0. The highest BCUT2D eigenvalue weighted by atomic mass is 32.1. The fourth-order valence-electron chi connectivity index (χ4n) is 0.798. The van der Waals surface area contributed by atoms with Crippen molar-refractivity contribution in [3.63, 3.8) is 0 Å². The van der Waals surface area contributed by atoms with Gasteiger partial charge in [-0.1, -0.05) is 12.1 Å². The van der Waals surface area contributed by atoms with Gasteiger partial charge >= 0.3 is 0 Å². The van der Waals surface area contributed by atoms with Gasteiger partial charge in [-0.25, -0.2) is 4.36 Å². The van der Waals surface area contributed by atoms with E-state index < -0.39 is 4.92 Å². The van der Waals surface area contributed by atoms with E-state index in [2.05, 4.69) is 16.8 Å². The van der Waals surface area contributed by atoms with Gasteiger partial charge in [-0.15, -0.1) is 0 Å². The average molecular weight is 182 g/mol. The fraction of sp³-hybridized carbons (Fsp3) is 0.143. The maximum atomic E-state index is 10.2. The highest BCUT2D eigenvalue weighted by molar-refractivity contribution is 7.47. The van der Waals surface area contributed by atoms with E-state index in [1.165, 1.54) is 12.1 Å². The van der Waals surface area contributed by atoms with Crippen LogP contribution in [0.1, 0.15) is 5.56 Å². The lowest BCUT2D eigenvalue weighted by Crippen LogP contribution is -1.87. The van der Waals surface area contributed by atoms with Gasteiger partial charge in [-0.3, -0.25) is 10.1 Å². The third kappa shape index (κ3) is 2.06. The van der Waals surface area contributed by atoms with Gasteiger partial charge in [-0.05, 0) is 5.56 Å². The third-order valence-corrected chi connectivity index (χ3v) is 1.52. The summed E-state index contributed by atoms with van der Waals surface area (Å²) in [6.07, 6.45) is 0. The molecular formula is C7H6N2O2S. The van der Waals surface area contributed by atoms with Crippen LogP contribution in [-0.4, -0.2) is 4.92 Å². The molecule has 0 aromatic heterocycles. The highest BCUT2D eigenvalue weighted by Crippen LogP contribution is 2.11. The van der Waals surface area contributed by atoms with Crippen molar-refractivity contribution in [3.05, 3.63) is 39.9 Å². The van der Waals surface area contributed by atoms with Gasteiger partial charge in [0.15, 0.2) is 0 Å². The molecule has 0 aliphatic heterocycles. The van der Waals surface area contributed by atoms with E-state index in [1.54, 1.807) is 12.1 Å². The Morgan fingerprint density at radius 1 is 1.42 bits per heavy atom. The summed E-state index contributed by atoms with van der Waals surface area (Å²) in [4.78, 5) is 9.80. The minimum Gasteiger partial charge on any atom is -0.258 e. The van der Waals surface area contributed by atoms with E-state index >= 15 is 0 Å². The third-order valence-electron chi connectivity index (χ3n) is 1.39. The summed E-state index contributed by atoms with van der Waals surface area (Å²) in [5.74, 6) is 0. The zero-order valence-electron chi connectivity index (χ0n) is 6.14. The number of hydrogen-bond acceptors (Lipinski definition) is 4. The van der Waals surface area contributed by atoms with Crippen molar-refractivity contribution in [2.45, 2.75) is 6.54 Å². The quantitative estimate of drug-likeness (QED) is 0.529. The Hall–Kier alpha value is -1.36. The first-order valence-corrected chi connectivity index (χ1v) is 3.63. The van der Waals surface area contributed by atoms with Crippen LogP contribution in [0, 0.1) is 10.1 Å². The lowest BCUT2D eigenvalue weighted by molar-refractivity contribution is -0.384. The molecule has 0 spiro atoms. The van der Waals surface area contributed by atoms with Crippen LogP contribution >= 0.6 is 0 Å². The van der Waals surface area contributed by atoms with Crippen molar-refractivity contribution in [2.24, 2.45) is 4.36 Å². The summed E-state index contributed by atoms with van der Waals surface area (Å²) in [5.41, 5.74) is 0.971. The van der Waals surface area contributed by atoms with E-state index in [4.69, 9.17) is 0 Å². The molecule has 5 heteroatoms. The highest BCUT2D eigenvalue weighted by Gasteiger charge is 2.02. The minimum absolute atomic E-state index is 0.0862. The van der Waals surface area contributed by atoms with Crippen molar-refractivity contribution in [2.75, 3.05) is 0 Å². The maximum absolute atomic E-state index is 10.2. The lowest BCUT2D eigenvalue weighted by atomic mass is 10.2. The molecule has 1 rings (SSSR count). The molecule has 12 heavy (non-hydrogen) atoms. The van der Waals surface area contributed by atoms with E-state index in [0.29, 0.717) is 6.54 Å². The van der Waals surface area contributed by atoms with Crippen molar-refractivity contribution in [1.82, 2.24) is 0 Å². The number of nitro groups is 1. The van der Waals surface area contributed by atoms with Crippen LogP contribution < -0.4 is 0 Å². The minimum atomic E-state index is -0.436. The number of benzene rings is 1. The van der Waals surface area contributed by atoms with Gasteiger partial charge in [0.2, 0.25) is 0 Å². The molecule has 0 heterocycles. The zero-order valence-corrected chi connectivity index (χ0v) is 6.95. The molecule has 1 aromatic rings. The number of non-ortho nitro benzene ring substituents is 1. The number of hydrogen-bond donors (Lipinski definition) is 0. The summed E-state index contributed by atoms with van der Waals surface area (Å²) >= 11 is 4.41. The molecule has 0 radical (unpaired) electrons. The van der Waals surface area contributed by atoms with Crippen LogP contribution in [-0.2, 0) is 19.0 Å². The molecule has 0 saturated carbocycles. The second-order valence-corrected chi connectivity index (χ2v) is 2.47. The molecule has 0 N–H and O–H groups in total.